The van der Waals surface area contributed by atoms with Crippen LogP contribution >= 0.6 is 11.3 Å². The molecule has 0 spiro atoms. The molecule has 0 aliphatic carbocycles. The third-order valence-electron chi connectivity index (χ3n) is 3.41. The van der Waals surface area contributed by atoms with Crippen molar-refractivity contribution >= 4 is 16.5 Å². The summed E-state index contributed by atoms with van der Waals surface area (Å²) >= 11 is 1.78. The molecule has 4 nitrogen and oxygen atoms in total. The van der Waals surface area contributed by atoms with Crippen LogP contribution in [0.4, 0.5) is 5.13 Å². The second-order valence-corrected chi connectivity index (χ2v) is 6.13. The topological polar surface area (TPSA) is 41.1 Å². The van der Waals surface area contributed by atoms with Crippen LogP contribution in [-0.4, -0.2) is 23.1 Å². The Balaban J connectivity index is 2.04. The molecule has 0 amide bonds. The van der Waals surface area contributed by atoms with Crippen LogP contribution in [0.3, 0.4) is 0 Å². The predicted molar refractivity (Wildman–Crippen MR) is 89.8 cm³/mol. The molecule has 2 aromatic heterocycles. The standard InChI is InChI=1S/C16H24N4S/c1-4-8-18-13(3)15-11-19-16(21-15)20(5-2)12-14-6-9-17-10-7-14/h6-7,9-11,13,18H,4-5,8,12H2,1-3H3. The molecule has 1 unspecified atom stereocenters. The Morgan fingerprint density at radius 1 is 1.29 bits per heavy atom. The molecule has 2 rings (SSSR count). The highest BCUT2D eigenvalue weighted by molar-refractivity contribution is 7.15. The van der Waals surface area contributed by atoms with Crippen molar-refractivity contribution in [1.82, 2.24) is 15.3 Å². The summed E-state index contributed by atoms with van der Waals surface area (Å²) < 4.78 is 0. The van der Waals surface area contributed by atoms with Crippen LogP contribution in [0.5, 0.6) is 0 Å². The average molecular weight is 304 g/mol. The molecule has 21 heavy (non-hydrogen) atoms. The van der Waals surface area contributed by atoms with Crippen molar-refractivity contribution in [3.8, 4) is 0 Å². The van der Waals surface area contributed by atoms with E-state index in [2.05, 4.69) is 53.1 Å². The molecule has 114 valence electrons. The molecule has 0 aliphatic rings. The van der Waals surface area contributed by atoms with E-state index < -0.39 is 0 Å². The zero-order chi connectivity index (χ0) is 15.1. The average Bonchev–Trinajstić information content (AvgIpc) is 3.01. The number of anilines is 1. The van der Waals surface area contributed by atoms with Gasteiger partial charge in [0, 0.05) is 42.6 Å². The van der Waals surface area contributed by atoms with Gasteiger partial charge in [0.15, 0.2) is 5.13 Å². The predicted octanol–water partition coefficient (Wildman–Crippen LogP) is 3.63. The Morgan fingerprint density at radius 2 is 2.05 bits per heavy atom. The SMILES string of the molecule is CCCNC(C)c1cnc(N(CC)Cc2ccncc2)s1. The second kappa shape index (κ2) is 8.10. The lowest BCUT2D eigenvalue weighted by Crippen LogP contribution is -2.21. The van der Waals surface area contributed by atoms with Gasteiger partial charge in [-0.2, -0.15) is 0 Å². The molecule has 0 saturated carbocycles. The maximum absolute atomic E-state index is 4.60. The first-order chi connectivity index (χ1) is 10.2. The number of rotatable bonds is 8. The fraction of sp³-hybridized carbons (Fsp3) is 0.500. The molecule has 0 aromatic carbocycles. The molecular weight excluding hydrogens is 280 g/mol. The van der Waals surface area contributed by atoms with Gasteiger partial charge in [-0.3, -0.25) is 4.98 Å². The number of nitrogens with zero attached hydrogens (tertiary/aromatic N) is 3. The Morgan fingerprint density at radius 3 is 2.71 bits per heavy atom. The minimum Gasteiger partial charge on any atom is -0.344 e. The van der Waals surface area contributed by atoms with E-state index in [0.29, 0.717) is 6.04 Å². The molecule has 0 radical (unpaired) electrons. The van der Waals surface area contributed by atoms with Crippen molar-refractivity contribution in [3.05, 3.63) is 41.2 Å². The van der Waals surface area contributed by atoms with Gasteiger partial charge in [-0.15, -0.1) is 11.3 Å². The lowest BCUT2D eigenvalue weighted by Gasteiger charge is -2.19. The number of hydrogen-bond donors (Lipinski definition) is 1. The molecule has 0 saturated heterocycles. The molecule has 1 N–H and O–H groups in total. The van der Waals surface area contributed by atoms with Gasteiger partial charge in [0.05, 0.1) is 0 Å². The largest absolute Gasteiger partial charge is 0.344 e. The first kappa shape index (κ1) is 15.9. The van der Waals surface area contributed by atoms with Crippen molar-refractivity contribution in [2.45, 2.75) is 39.8 Å². The molecule has 0 fully saturated rings. The Bertz CT molecular complexity index is 526. The van der Waals surface area contributed by atoms with Crippen molar-refractivity contribution in [3.63, 3.8) is 0 Å². The van der Waals surface area contributed by atoms with E-state index in [-0.39, 0.29) is 0 Å². The van der Waals surface area contributed by atoms with Gasteiger partial charge < -0.3 is 10.2 Å². The minimum atomic E-state index is 0.371. The Kier molecular flexibility index (Phi) is 6.14. The zero-order valence-electron chi connectivity index (χ0n) is 13.0. The third kappa shape index (κ3) is 4.51. The number of hydrogen-bond acceptors (Lipinski definition) is 5. The van der Waals surface area contributed by atoms with Crippen LogP contribution in [0, 0.1) is 0 Å². The minimum absolute atomic E-state index is 0.371. The second-order valence-electron chi connectivity index (χ2n) is 5.09. The zero-order valence-corrected chi connectivity index (χ0v) is 13.9. The number of pyridine rings is 1. The molecule has 2 aromatic rings. The summed E-state index contributed by atoms with van der Waals surface area (Å²) in [6.45, 7) is 9.43. The number of nitrogens with one attached hydrogen (secondary N) is 1. The lowest BCUT2D eigenvalue weighted by atomic mass is 10.2. The van der Waals surface area contributed by atoms with E-state index in [1.807, 2.05) is 18.6 Å². The van der Waals surface area contributed by atoms with Gasteiger partial charge in [0.1, 0.15) is 0 Å². The quantitative estimate of drug-likeness (QED) is 0.808. The fourth-order valence-electron chi connectivity index (χ4n) is 2.11. The van der Waals surface area contributed by atoms with Crippen molar-refractivity contribution in [1.29, 1.82) is 0 Å². The van der Waals surface area contributed by atoms with Crippen LogP contribution in [0.15, 0.2) is 30.7 Å². The number of aromatic nitrogens is 2. The lowest BCUT2D eigenvalue weighted by molar-refractivity contribution is 0.577. The summed E-state index contributed by atoms with van der Waals surface area (Å²) in [6.07, 6.45) is 6.84. The van der Waals surface area contributed by atoms with Crippen molar-refractivity contribution in [2.24, 2.45) is 0 Å². The molecule has 5 heteroatoms. The molecule has 2 heterocycles. The fourth-order valence-corrected chi connectivity index (χ4v) is 3.11. The van der Waals surface area contributed by atoms with E-state index in [4.69, 9.17) is 0 Å². The molecule has 0 bridgehead atoms. The summed E-state index contributed by atoms with van der Waals surface area (Å²) in [5.74, 6) is 0. The highest BCUT2D eigenvalue weighted by Gasteiger charge is 2.13. The normalized spacial score (nSPS) is 12.3. The van der Waals surface area contributed by atoms with E-state index in [1.54, 1.807) is 11.3 Å². The first-order valence-corrected chi connectivity index (χ1v) is 8.39. The summed E-state index contributed by atoms with van der Waals surface area (Å²) in [4.78, 5) is 12.3. The summed E-state index contributed by atoms with van der Waals surface area (Å²) in [5.41, 5.74) is 1.26. The smallest absolute Gasteiger partial charge is 0.185 e. The van der Waals surface area contributed by atoms with Gasteiger partial charge in [-0.1, -0.05) is 6.92 Å². The van der Waals surface area contributed by atoms with Gasteiger partial charge in [0.2, 0.25) is 0 Å². The molecular formula is C16H24N4S. The van der Waals surface area contributed by atoms with Crippen molar-refractivity contribution in [2.75, 3.05) is 18.0 Å². The monoisotopic (exact) mass is 304 g/mol. The highest BCUT2D eigenvalue weighted by Crippen LogP contribution is 2.28. The van der Waals surface area contributed by atoms with E-state index >= 15 is 0 Å². The first-order valence-electron chi connectivity index (χ1n) is 7.57. The number of thiazole rings is 1. The molecule has 1 atom stereocenters. The summed E-state index contributed by atoms with van der Waals surface area (Å²) in [5, 5.41) is 4.60. The van der Waals surface area contributed by atoms with Gasteiger partial charge in [-0.05, 0) is 44.5 Å². The third-order valence-corrected chi connectivity index (χ3v) is 4.65. The maximum Gasteiger partial charge on any atom is 0.185 e. The maximum atomic E-state index is 4.60. The Hall–Kier alpha value is -1.46. The Labute approximate surface area is 131 Å². The van der Waals surface area contributed by atoms with Gasteiger partial charge >= 0.3 is 0 Å². The van der Waals surface area contributed by atoms with Crippen LogP contribution in [0.1, 0.15) is 43.7 Å². The van der Waals surface area contributed by atoms with Crippen LogP contribution in [-0.2, 0) is 6.54 Å². The van der Waals surface area contributed by atoms with Gasteiger partial charge in [0.25, 0.3) is 0 Å². The van der Waals surface area contributed by atoms with E-state index in [1.165, 1.54) is 10.4 Å². The van der Waals surface area contributed by atoms with Crippen LogP contribution in [0.2, 0.25) is 0 Å². The van der Waals surface area contributed by atoms with E-state index in [9.17, 15) is 0 Å². The highest BCUT2D eigenvalue weighted by atomic mass is 32.1. The van der Waals surface area contributed by atoms with Crippen LogP contribution in [0.25, 0.3) is 0 Å². The van der Waals surface area contributed by atoms with Crippen LogP contribution < -0.4 is 10.2 Å². The van der Waals surface area contributed by atoms with Crippen molar-refractivity contribution < 1.29 is 0 Å². The molecule has 0 aliphatic heterocycles. The van der Waals surface area contributed by atoms with Gasteiger partial charge in [-0.25, -0.2) is 4.98 Å². The summed E-state index contributed by atoms with van der Waals surface area (Å²) in [7, 11) is 0. The van der Waals surface area contributed by atoms with E-state index in [0.717, 1.165) is 31.2 Å². The summed E-state index contributed by atoms with van der Waals surface area (Å²) in [6, 6.07) is 4.49.